The van der Waals surface area contributed by atoms with Crippen molar-refractivity contribution in [3.8, 4) is 0 Å². The second kappa shape index (κ2) is 13.4. The van der Waals surface area contributed by atoms with Crippen LogP contribution in [0.2, 0.25) is 0 Å². The summed E-state index contributed by atoms with van der Waals surface area (Å²) in [4.78, 5) is 38.5. The van der Waals surface area contributed by atoms with E-state index in [-0.39, 0.29) is 29.8 Å². The fraction of sp³-hybridized carbons (Fsp3) is 0.577. The average Bonchev–Trinajstić information content (AvgIpc) is 3.43. The molecule has 1 aromatic carbocycles. The second-order valence-electron chi connectivity index (χ2n) is 8.24. The molecule has 0 unspecified atom stereocenters. The lowest BCUT2D eigenvalue weighted by atomic mass is 9.81. The quantitative estimate of drug-likeness (QED) is 0.183. The van der Waals surface area contributed by atoms with E-state index < -0.39 is 35.8 Å². The fourth-order valence-corrected chi connectivity index (χ4v) is 8.36. The molecule has 9 heteroatoms. The molecule has 1 aliphatic heterocycles. The van der Waals surface area contributed by atoms with Crippen LogP contribution >= 0.6 is 23.5 Å². The van der Waals surface area contributed by atoms with Crippen molar-refractivity contribution in [1.29, 1.82) is 0 Å². The van der Waals surface area contributed by atoms with Gasteiger partial charge in [0.2, 0.25) is 0 Å². The lowest BCUT2D eigenvalue weighted by molar-refractivity contribution is -0.168. The third-order valence-electron chi connectivity index (χ3n) is 6.11. The van der Waals surface area contributed by atoms with Crippen molar-refractivity contribution in [2.75, 3.05) is 31.3 Å². The minimum absolute atomic E-state index is 0.148. The van der Waals surface area contributed by atoms with E-state index in [9.17, 15) is 14.4 Å². The van der Waals surface area contributed by atoms with Gasteiger partial charge >= 0.3 is 17.9 Å². The van der Waals surface area contributed by atoms with Gasteiger partial charge in [-0.2, -0.15) is 0 Å². The van der Waals surface area contributed by atoms with Crippen LogP contribution in [-0.2, 0) is 39.9 Å². The number of rotatable bonds is 11. The highest BCUT2D eigenvalue weighted by molar-refractivity contribution is 8.21. The van der Waals surface area contributed by atoms with Crippen molar-refractivity contribution in [1.82, 2.24) is 0 Å². The standard InChI is InChI=1S/C26H34O7S2/c1-4-30-21(27)13-12-19-22(23(24(28)31-5-2)25(29)32-6-3)20(16-26(19)34-14-15-35-26)33-17-18-10-8-7-9-11-18/h7-13,19-20,22-23H,4-6,14-17H2,1-3H3/b13-12+/t19-,20-,22-/m1/s1. The lowest BCUT2D eigenvalue weighted by Gasteiger charge is -2.32. The van der Waals surface area contributed by atoms with Gasteiger partial charge in [0.25, 0.3) is 0 Å². The Morgan fingerprint density at radius 3 is 2.14 bits per heavy atom. The van der Waals surface area contributed by atoms with Crippen LogP contribution in [-0.4, -0.2) is 59.4 Å². The molecule has 1 saturated carbocycles. The summed E-state index contributed by atoms with van der Waals surface area (Å²) in [6, 6.07) is 9.78. The number of benzene rings is 1. The summed E-state index contributed by atoms with van der Waals surface area (Å²) < 4.78 is 21.9. The Balaban J connectivity index is 2.01. The molecule has 0 bridgehead atoms. The van der Waals surface area contributed by atoms with E-state index in [1.165, 1.54) is 6.08 Å². The summed E-state index contributed by atoms with van der Waals surface area (Å²) in [6.45, 7) is 6.08. The predicted octanol–water partition coefficient (Wildman–Crippen LogP) is 4.25. The van der Waals surface area contributed by atoms with Crippen LogP contribution in [0.4, 0.5) is 0 Å². The summed E-state index contributed by atoms with van der Waals surface area (Å²) in [5, 5.41) is 0. The zero-order chi connectivity index (χ0) is 25.3. The van der Waals surface area contributed by atoms with Crippen molar-refractivity contribution in [2.45, 2.75) is 44.0 Å². The summed E-state index contributed by atoms with van der Waals surface area (Å²) in [6.07, 6.45) is 3.43. The maximum absolute atomic E-state index is 13.1. The Kier molecular flexibility index (Phi) is 10.5. The molecule has 0 N–H and O–H groups in total. The number of thioether (sulfide) groups is 2. The van der Waals surface area contributed by atoms with Gasteiger partial charge in [0.05, 0.1) is 36.6 Å². The number of allylic oxidation sites excluding steroid dienone is 1. The molecule has 0 amide bonds. The lowest BCUT2D eigenvalue weighted by Crippen LogP contribution is -2.42. The highest BCUT2D eigenvalue weighted by Gasteiger charge is 2.60. The SMILES string of the molecule is CCOC(=O)/C=C/[C@@H]1[C@@H](C(C(=O)OCC)C(=O)OCC)[C@H](OCc2ccccc2)CC12SCCS2. The molecular weight excluding hydrogens is 488 g/mol. The summed E-state index contributed by atoms with van der Waals surface area (Å²) in [5.74, 6) is -1.83. The number of ether oxygens (including phenoxy) is 4. The zero-order valence-electron chi connectivity index (χ0n) is 20.5. The van der Waals surface area contributed by atoms with Gasteiger partial charge in [0.15, 0.2) is 5.92 Å². The van der Waals surface area contributed by atoms with Gasteiger partial charge < -0.3 is 18.9 Å². The molecule has 2 aliphatic rings. The first-order chi connectivity index (χ1) is 17.0. The number of hydrogen-bond acceptors (Lipinski definition) is 9. The highest BCUT2D eigenvalue weighted by atomic mass is 32.2. The zero-order valence-corrected chi connectivity index (χ0v) is 22.1. The Labute approximate surface area is 215 Å². The first-order valence-electron chi connectivity index (χ1n) is 12.1. The van der Waals surface area contributed by atoms with Crippen molar-refractivity contribution in [3.05, 3.63) is 48.0 Å². The van der Waals surface area contributed by atoms with E-state index in [2.05, 4.69) is 0 Å². The molecule has 35 heavy (non-hydrogen) atoms. The third kappa shape index (κ3) is 6.83. The summed E-state index contributed by atoms with van der Waals surface area (Å²) in [5.41, 5.74) is 1.00. The Morgan fingerprint density at radius 2 is 1.57 bits per heavy atom. The first-order valence-corrected chi connectivity index (χ1v) is 14.0. The minimum atomic E-state index is -1.16. The Hall–Kier alpha value is -1.97. The molecule has 2 fully saturated rings. The van der Waals surface area contributed by atoms with E-state index in [1.54, 1.807) is 50.4 Å². The molecule has 1 spiro atoms. The van der Waals surface area contributed by atoms with Gasteiger partial charge in [-0.25, -0.2) is 4.79 Å². The van der Waals surface area contributed by atoms with E-state index >= 15 is 0 Å². The maximum atomic E-state index is 13.1. The monoisotopic (exact) mass is 522 g/mol. The number of carbonyl (C=O) groups excluding carboxylic acids is 3. The number of carbonyl (C=O) groups is 3. The minimum Gasteiger partial charge on any atom is -0.465 e. The van der Waals surface area contributed by atoms with Gasteiger partial charge in [-0.1, -0.05) is 36.4 Å². The van der Waals surface area contributed by atoms with Gasteiger partial charge in [-0.3, -0.25) is 9.59 Å². The van der Waals surface area contributed by atoms with Crippen molar-refractivity contribution >= 4 is 41.4 Å². The smallest absolute Gasteiger partial charge is 0.330 e. The van der Waals surface area contributed by atoms with Crippen LogP contribution < -0.4 is 0 Å². The van der Waals surface area contributed by atoms with Gasteiger partial charge in [-0.05, 0) is 32.8 Å². The molecule has 1 aliphatic carbocycles. The fourth-order valence-electron chi connectivity index (χ4n) is 4.75. The maximum Gasteiger partial charge on any atom is 0.330 e. The van der Waals surface area contributed by atoms with Crippen LogP contribution in [0.1, 0.15) is 32.8 Å². The van der Waals surface area contributed by atoms with Crippen LogP contribution in [0.5, 0.6) is 0 Å². The summed E-state index contributed by atoms with van der Waals surface area (Å²) in [7, 11) is 0. The topological polar surface area (TPSA) is 88.1 Å². The van der Waals surface area contributed by atoms with Crippen molar-refractivity contribution in [3.63, 3.8) is 0 Å². The van der Waals surface area contributed by atoms with E-state index in [0.29, 0.717) is 13.0 Å². The molecule has 3 rings (SSSR count). The molecule has 0 radical (unpaired) electrons. The molecule has 1 saturated heterocycles. The molecule has 1 aromatic rings. The molecule has 1 heterocycles. The van der Waals surface area contributed by atoms with E-state index in [0.717, 1.165) is 17.1 Å². The van der Waals surface area contributed by atoms with Gasteiger partial charge in [0.1, 0.15) is 0 Å². The number of esters is 3. The number of hydrogen-bond donors (Lipinski definition) is 0. The highest BCUT2D eigenvalue weighted by Crippen LogP contribution is 2.62. The second-order valence-corrected chi connectivity index (χ2v) is 11.4. The Morgan fingerprint density at radius 1 is 0.971 bits per heavy atom. The van der Waals surface area contributed by atoms with Crippen molar-refractivity contribution in [2.24, 2.45) is 17.8 Å². The molecule has 0 aromatic heterocycles. The first kappa shape index (κ1) is 27.6. The molecular formula is C26H34O7S2. The van der Waals surface area contributed by atoms with Gasteiger partial charge in [-0.15, -0.1) is 23.5 Å². The molecule has 3 atom stereocenters. The average molecular weight is 523 g/mol. The van der Waals surface area contributed by atoms with Crippen molar-refractivity contribution < 1.29 is 33.3 Å². The van der Waals surface area contributed by atoms with E-state index in [4.69, 9.17) is 18.9 Å². The normalized spacial score (nSPS) is 23.1. The molecule has 7 nitrogen and oxygen atoms in total. The van der Waals surface area contributed by atoms with Gasteiger partial charge in [0, 0.05) is 29.4 Å². The van der Waals surface area contributed by atoms with Crippen LogP contribution in [0.3, 0.4) is 0 Å². The van der Waals surface area contributed by atoms with Crippen LogP contribution in [0, 0.1) is 17.8 Å². The van der Waals surface area contributed by atoms with Crippen LogP contribution in [0.15, 0.2) is 42.5 Å². The predicted molar refractivity (Wildman–Crippen MR) is 137 cm³/mol. The summed E-state index contributed by atoms with van der Waals surface area (Å²) >= 11 is 3.60. The van der Waals surface area contributed by atoms with E-state index in [1.807, 2.05) is 30.3 Å². The largest absolute Gasteiger partial charge is 0.465 e. The third-order valence-corrected chi connectivity index (χ3v) is 9.75. The molecule has 192 valence electrons. The Bertz CT molecular complexity index is 865. The van der Waals surface area contributed by atoms with Crippen LogP contribution in [0.25, 0.3) is 0 Å².